The van der Waals surface area contributed by atoms with E-state index in [1.54, 1.807) is 54.4 Å². The van der Waals surface area contributed by atoms with Gasteiger partial charge >= 0.3 is 5.97 Å². The van der Waals surface area contributed by atoms with Crippen LogP contribution in [0.3, 0.4) is 0 Å². The first kappa shape index (κ1) is 29.8. The van der Waals surface area contributed by atoms with E-state index in [1.807, 2.05) is 13.0 Å². The molecular formula is C30H28BrF2N5O3. The molecule has 0 spiro atoms. The number of methoxy groups -OCH3 is 1. The number of halogens is 3. The Morgan fingerprint density at radius 1 is 1.07 bits per heavy atom. The van der Waals surface area contributed by atoms with Crippen molar-refractivity contribution in [3.05, 3.63) is 104 Å². The quantitative estimate of drug-likeness (QED) is 0.234. The van der Waals surface area contributed by atoms with Gasteiger partial charge in [0.15, 0.2) is 0 Å². The molecule has 0 bridgehead atoms. The number of nitriles is 1. The summed E-state index contributed by atoms with van der Waals surface area (Å²) in [4.78, 5) is 34.3. The molecule has 2 aromatic carbocycles. The first-order valence-corrected chi connectivity index (χ1v) is 13.6. The lowest BCUT2D eigenvalue weighted by atomic mass is 10.0. The van der Waals surface area contributed by atoms with E-state index in [0.29, 0.717) is 41.0 Å². The topological polar surface area (TPSA) is 91.5 Å². The monoisotopic (exact) mass is 623 g/mol. The molecule has 0 aliphatic carbocycles. The van der Waals surface area contributed by atoms with E-state index in [2.05, 4.69) is 25.8 Å². The fourth-order valence-corrected chi connectivity index (χ4v) is 5.19. The number of pyridine rings is 2. The highest BCUT2D eigenvalue weighted by molar-refractivity contribution is 9.10. The summed E-state index contributed by atoms with van der Waals surface area (Å²) in [5.74, 6) is -0.973. The summed E-state index contributed by atoms with van der Waals surface area (Å²) in [6.45, 7) is 3.18. The number of anilines is 1. The van der Waals surface area contributed by atoms with Gasteiger partial charge in [0.25, 0.3) is 5.56 Å². The predicted octanol–water partition coefficient (Wildman–Crippen LogP) is 4.96. The largest absolute Gasteiger partial charge is 0.467 e. The maximum absolute atomic E-state index is 13.4. The molecule has 11 heteroatoms. The van der Waals surface area contributed by atoms with Gasteiger partial charge in [-0.25, -0.2) is 18.6 Å². The first-order chi connectivity index (χ1) is 19.7. The second-order valence-corrected chi connectivity index (χ2v) is 10.3. The smallest absolute Gasteiger partial charge is 0.329 e. The van der Waals surface area contributed by atoms with Gasteiger partial charge in [-0.05, 0) is 64.8 Å². The molecule has 1 fully saturated rings. The van der Waals surface area contributed by atoms with Crippen molar-refractivity contribution in [1.82, 2.24) is 14.5 Å². The zero-order chi connectivity index (χ0) is 29.7. The van der Waals surface area contributed by atoms with Crippen molar-refractivity contribution in [1.29, 1.82) is 5.26 Å². The number of nitrogens with zero attached hydrogens (tertiary/aromatic N) is 5. The number of benzene rings is 2. The lowest BCUT2D eigenvalue weighted by molar-refractivity contribution is -0.143. The number of esters is 1. The molecule has 3 heterocycles. The normalized spacial score (nSPS) is 15.9. The molecule has 8 nitrogen and oxygen atoms in total. The third-order valence-electron chi connectivity index (χ3n) is 7.10. The lowest BCUT2D eigenvalue weighted by Gasteiger charge is -2.43. The number of carbonyl (C=O) groups is 1. The van der Waals surface area contributed by atoms with Gasteiger partial charge in [0, 0.05) is 32.7 Å². The molecule has 0 radical (unpaired) electrons. The first-order valence-electron chi connectivity index (χ1n) is 12.8. The van der Waals surface area contributed by atoms with Crippen molar-refractivity contribution in [2.75, 3.05) is 31.6 Å². The van der Waals surface area contributed by atoms with Gasteiger partial charge in [-0.15, -0.1) is 0 Å². The second kappa shape index (κ2) is 13.0. The molecule has 0 N–H and O–H groups in total. The van der Waals surface area contributed by atoms with Crippen molar-refractivity contribution < 1.29 is 18.3 Å². The fraction of sp³-hybridized carbons (Fsp3) is 0.267. The van der Waals surface area contributed by atoms with Gasteiger partial charge < -0.3 is 14.2 Å². The highest BCUT2D eigenvalue weighted by atomic mass is 79.9. The number of rotatable bonds is 4. The summed E-state index contributed by atoms with van der Waals surface area (Å²) in [5.41, 5.74) is 1.71. The Kier molecular flexibility index (Phi) is 9.47. The maximum atomic E-state index is 13.4. The number of carbonyl (C=O) groups excluding carboxylic acids is 1. The van der Waals surface area contributed by atoms with E-state index in [-0.39, 0.29) is 23.2 Å². The van der Waals surface area contributed by atoms with Crippen LogP contribution in [0.5, 0.6) is 0 Å². The van der Waals surface area contributed by atoms with Gasteiger partial charge in [-0.3, -0.25) is 9.69 Å². The van der Waals surface area contributed by atoms with Gasteiger partial charge in [-0.2, -0.15) is 5.26 Å². The lowest BCUT2D eigenvalue weighted by Crippen LogP contribution is -2.57. The molecule has 2 atom stereocenters. The van der Waals surface area contributed by atoms with Gasteiger partial charge in [0.1, 0.15) is 39.4 Å². The Morgan fingerprint density at radius 2 is 1.73 bits per heavy atom. The van der Waals surface area contributed by atoms with Crippen LogP contribution in [0.15, 0.2) is 76.1 Å². The minimum Gasteiger partial charge on any atom is -0.467 e. The fourth-order valence-electron chi connectivity index (χ4n) is 4.88. The van der Waals surface area contributed by atoms with Crippen LogP contribution in [0.2, 0.25) is 0 Å². The molecule has 212 valence electrons. The van der Waals surface area contributed by atoms with Crippen molar-refractivity contribution in [3.8, 4) is 6.07 Å². The highest BCUT2D eigenvalue weighted by Crippen LogP contribution is 2.33. The average Bonchev–Trinajstić information content (AvgIpc) is 2.99. The number of aryl methyl sites for hydroxylation is 1. The molecule has 41 heavy (non-hydrogen) atoms. The van der Waals surface area contributed by atoms with E-state index in [1.165, 1.54) is 35.9 Å². The zero-order valence-corrected chi connectivity index (χ0v) is 24.3. The summed E-state index contributed by atoms with van der Waals surface area (Å²) in [6.07, 6.45) is 0. The highest BCUT2D eigenvalue weighted by Gasteiger charge is 2.38. The number of ether oxygens (including phenoxy) is 1. The molecule has 1 saturated heterocycles. The predicted molar refractivity (Wildman–Crippen MR) is 155 cm³/mol. The number of aromatic nitrogens is 2. The van der Waals surface area contributed by atoms with Gasteiger partial charge in [0.05, 0.1) is 18.3 Å². The third kappa shape index (κ3) is 6.45. The molecule has 4 aromatic rings. The van der Waals surface area contributed by atoms with Gasteiger partial charge in [0.2, 0.25) is 0 Å². The van der Waals surface area contributed by atoms with Crippen molar-refractivity contribution in [2.45, 2.75) is 19.0 Å². The van der Waals surface area contributed by atoms with Crippen LogP contribution in [0, 0.1) is 23.0 Å². The third-order valence-corrected chi connectivity index (χ3v) is 7.54. The molecule has 2 unspecified atom stereocenters. The molecule has 0 amide bonds. The van der Waals surface area contributed by atoms with E-state index in [0.717, 1.165) is 5.56 Å². The number of hydrogen-bond acceptors (Lipinski definition) is 7. The minimum atomic E-state index is -0.773. The van der Waals surface area contributed by atoms with Crippen molar-refractivity contribution >= 4 is 38.6 Å². The van der Waals surface area contributed by atoms with Crippen LogP contribution in [-0.2, 0) is 16.6 Å². The standard InChI is InChI=1S/C24H23BrFN5O3.C6H5F/c1-14(15-4-6-16(26)7-5-15)30-10-11-31(19(13-30)24(33)34-3)22-17(12-27)23(32)29(2)18-8-9-20(25)28-21(18)22;7-6-4-2-1-3-5-6/h4-9,14,19H,10-11,13H2,1-3H3;1-5H. The summed E-state index contributed by atoms with van der Waals surface area (Å²) in [6, 6.07) is 18.8. The van der Waals surface area contributed by atoms with Crippen LogP contribution in [-0.4, -0.2) is 53.2 Å². The number of hydrogen-bond donors (Lipinski definition) is 0. The van der Waals surface area contributed by atoms with E-state index in [9.17, 15) is 23.6 Å². The SMILES string of the molecule is COC(=O)C1CN(C(C)c2ccc(F)cc2)CCN1c1c(C#N)c(=O)n(C)c2ccc(Br)nc12.Fc1ccccc1. The Balaban J connectivity index is 0.000000483. The summed E-state index contributed by atoms with van der Waals surface area (Å²) in [5, 5.41) is 9.89. The Labute approximate surface area is 244 Å². The van der Waals surface area contributed by atoms with Crippen molar-refractivity contribution in [2.24, 2.45) is 7.05 Å². The molecule has 5 rings (SSSR count). The van der Waals surface area contributed by atoms with Crippen LogP contribution in [0.1, 0.15) is 24.1 Å². The minimum absolute atomic E-state index is 0.0745. The molecular weight excluding hydrogens is 596 g/mol. The summed E-state index contributed by atoms with van der Waals surface area (Å²) in [7, 11) is 2.90. The zero-order valence-electron chi connectivity index (χ0n) is 22.7. The average molecular weight is 624 g/mol. The molecule has 2 aromatic heterocycles. The van der Waals surface area contributed by atoms with Crippen LogP contribution >= 0.6 is 15.9 Å². The van der Waals surface area contributed by atoms with E-state index >= 15 is 0 Å². The Hall–Kier alpha value is -4.14. The van der Waals surface area contributed by atoms with Crippen LogP contribution in [0.25, 0.3) is 11.0 Å². The van der Waals surface area contributed by atoms with E-state index in [4.69, 9.17) is 4.74 Å². The Morgan fingerprint density at radius 3 is 2.32 bits per heavy atom. The Bertz CT molecular complexity index is 1640. The second-order valence-electron chi connectivity index (χ2n) is 9.45. The molecule has 0 saturated carbocycles. The number of piperazine rings is 1. The van der Waals surface area contributed by atoms with E-state index < -0.39 is 17.6 Å². The van der Waals surface area contributed by atoms with Crippen LogP contribution in [0.4, 0.5) is 14.5 Å². The van der Waals surface area contributed by atoms with Crippen molar-refractivity contribution in [3.63, 3.8) is 0 Å². The number of fused-ring (bicyclic) bond motifs is 1. The maximum Gasteiger partial charge on any atom is 0.329 e. The molecule has 1 aliphatic rings. The summed E-state index contributed by atoms with van der Waals surface area (Å²) < 4.78 is 32.3. The summed E-state index contributed by atoms with van der Waals surface area (Å²) >= 11 is 3.37. The van der Waals surface area contributed by atoms with Gasteiger partial charge in [-0.1, -0.05) is 30.3 Å². The molecule has 1 aliphatic heterocycles. The van der Waals surface area contributed by atoms with Crippen LogP contribution < -0.4 is 10.5 Å².